The van der Waals surface area contributed by atoms with Gasteiger partial charge in [0.2, 0.25) is 0 Å². The van der Waals surface area contributed by atoms with E-state index >= 15 is 0 Å². The predicted octanol–water partition coefficient (Wildman–Crippen LogP) is 2.87. The van der Waals surface area contributed by atoms with Crippen LogP contribution in [0.5, 0.6) is 0 Å². The quantitative estimate of drug-likeness (QED) is 0.185. The number of anilines is 1. The van der Waals surface area contributed by atoms with E-state index < -0.39 is 24.9 Å². The van der Waals surface area contributed by atoms with Crippen molar-refractivity contribution in [1.29, 1.82) is 0 Å². The van der Waals surface area contributed by atoms with Crippen LogP contribution >= 0.6 is 23.2 Å². The van der Waals surface area contributed by atoms with Crippen molar-refractivity contribution < 1.29 is 20.4 Å². The van der Waals surface area contributed by atoms with Gasteiger partial charge in [-0.1, -0.05) is 53.5 Å². The second-order valence-electron chi connectivity index (χ2n) is 7.42. The van der Waals surface area contributed by atoms with Crippen molar-refractivity contribution in [3.63, 3.8) is 0 Å². The van der Waals surface area contributed by atoms with Gasteiger partial charge >= 0.3 is 0 Å². The van der Waals surface area contributed by atoms with Crippen LogP contribution in [0.15, 0.2) is 66.2 Å². The lowest BCUT2D eigenvalue weighted by Gasteiger charge is -2.18. The summed E-state index contributed by atoms with van der Waals surface area (Å²) in [5.74, 6) is 0.350. The zero-order valence-corrected chi connectivity index (χ0v) is 19.1. The second kappa shape index (κ2) is 10.5. The lowest BCUT2D eigenvalue weighted by Crippen LogP contribution is -2.40. The molecule has 2 aromatic heterocycles. The van der Waals surface area contributed by atoms with Crippen LogP contribution < -0.4 is 5.43 Å². The minimum atomic E-state index is -1.60. The van der Waals surface area contributed by atoms with E-state index in [-0.39, 0.29) is 0 Å². The number of benzene rings is 2. The van der Waals surface area contributed by atoms with Gasteiger partial charge in [-0.05, 0) is 23.8 Å². The zero-order valence-electron chi connectivity index (χ0n) is 17.6. The first-order valence-electron chi connectivity index (χ1n) is 10.2. The summed E-state index contributed by atoms with van der Waals surface area (Å²) in [6.45, 7) is -0.700. The Hall–Kier alpha value is -3.05. The molecule has 0 bridgehead atoms. The van der Waals surface area contributed by atoms with E-state index in [4.69, 9.17) is 28.3 Å². The number of hydrazone groups is 1. The van der Waals surface area contributed by atoms with Crippen molar-refractivity contribution in [3.8, 4) is 16.8 Å². The minimum absolute atomic E-state index is 0.350. The van der Waals surface area contributed by atoms with Crippen LogP contribution in [0.25, 0.3) is 27.8 Å². The molecule has 0 amide bonds. The molecule has 2 heterocycles. The zero-order chi connectivity index (χ0) is 24.2. The van der Waals surface area contributed by atoms with E-state index in [1.54, 1.807) is 12.1 Å². The van der Waals surface area contributed by atoms with Crippen molar-refractivity contribution in [2.45, 2.75) is 18.3 Å². The summed E-state index contributed by atoms with van der Waals surface area (Å²) in [5.41, 5.74) is 5.81. The number of aromatic nitrogens is 3. The van der Waals surface area contributed by atoms with Crippen LogP contribution in [0.3, 0.4) is 0 Å². The third-order valence-corrected chi connectivity index (χ3v) is 5.92. The molecule has 0 radical (unpaired) electrons. The van der Waals surface area contributed by atoms with E-state index in [2.05, 4.69) is 20.5 Å². The Morgan fingerprint density at radius 3 is 2.50 bits per heavy atom. The Labute approximate surface area is 204 Å². The Balaban J connectivity index is 1.78. The highest BCUT2D eigenvalue weighted by Crippen LogP contribution is 2.36. The minimum Gasteiger partial charge on any atom is -0.394 e. The molecule has 5 N–H and O–H groups in total. The number of fused-ring (bicyclic) bond motifs is 1. The molecule has 0 unspecified atom stereocenters. The van der Waals surface area contributed by atoms with Gasteiger partial charge in [-0.25, -0.2) is 9.97 Å². The van der Waals surface area contributed by atoms with Crippen molar-refractivity contribution in [3.05, 3.63) is 71.1 Å². The lowest BCUT2D eigenvalue weighted by molar-refractivity contribution is -0.0541. The molecule has 9 nitrogen and oxygen atoms in total. The second-order valence-corrected chi connectivity index (χ2v) is 8.23. The Morgan fingerprint density at radius 1 is 1.03 bits per heavy atom. The van der Waals surface area contributed by atoms with Crippen LogP contribution in [0, 0.1) is 0 Å². The summed E-state index contributed by atoms with van der Waals surface area (Å²) < 4.78 is 1.85. The van der Waals surface area contributed by atoms with E-state index in [1.165, 1.54) is 6.33 Å². The summed E-state index contributed by atoms with van der Waals surface area (Å²) in [7, 11) is 0. The number of aliphatic hydroxyl groups excluding tert-OH is 4. The lowest BCUT2D eigenvalue weighted by atomic mass is 10.1. The monoisotopic (exact) mass is 501 g/mol. The third-order valence-electron chi connectivity index (χ3n) is 5.18. The van der Waals surface area contributed by atoms with E-state index in [0.717, 1.165) is 23.0 Å². The predicted molar refractivity (Wildman–Crippen MR) is 132 cm³/mol. The smallest absolute Gasteiger partial charge is 0.159 e. The molecule has 0 fully saturated rings. The summed E-state index contributed by atoms with van der Waals surface area (Å²) in [6.07, 6.45) is -0.339. The van der Waals surface area contributed by atoms with Gasteiger partial charge in [-0.2, -0.15) is 5.10 Å². The van der Waals surface area contributed by atoms with Gasteiger partial charge in [0.1, 0.15) is 24.6 Å². The molecule has 176 valence electrons. The van der Waals surface area contributed by atoms with Crippen LogP contribution in [0.2, 0.25) is 10.0 Å². The number of halogens is 2. The van der Waals surface area contributed by atoms with Crippen molar-refractivity contribution in [2.75, 3.05) is 12.0 Å². The first-order valence-corrected chi connectivity index (χ1v) is 11.0. The number of hydrogen-bond donors (Lipinski definition) is 5. The van der Waals surface area contributed by atoms with Crippen molar-refractivity contribution in [2.24, 2.45) is 5.10 Å². The highest BCUT2D eigenvalue weighted by Gasteiger charge is 2.23. The summed E-state index contributed by atoms with van der Waals surface area (Å²) in [4.78, 5) is 8.75. The highest BCUT2D eigenvalue weighted by atomic mass is 35.5. The highest BCUT2D eigenvalue weighted by molar-refractivity contribution is 6.42. The van der Waals surface area contributed by atoms with Gasteiger partial charge in [0.25, 0.3) is 0 Å². The Morgan fingerprint density at radius 2 is 1.79 bits per heavy atom. The maximum Gasteiger partial charge on any atom is 0.159 e. The molecule has 3 atom stereocenters. The molecular weight excluding hydrogens is 481 g/mol. The molecule has 2 aromatic carbocycles. The van der Waals surface area contributed by atoms with E-state index in [1.807, 2.05) is 47.2 Å². The van der Waals surface area contributed by atoms with Gasteiger partial charge in [-0.3, -0.25) is 5.43 Å². The number of nitrogens with one attached hydrogen (secondary N) is 1. The fraction of sp³-hybridized carbons (Fsp3) is 0.174. The molecule has 11 heteroatoms. The molecule has 0 aliphatic rings. The topological polar surface area (TPSA) is 136 Å². The fourth-order valence-corrected chi connectivity index (χ4v) is 3.71. The maximum atomic E-state index is 9.97. The van der Waals surface area contributed by atoms with Crippen LogP contribution in [-0.4, -0.2) is 66.1 Å². The summed E-state index contributed by atoms with van der Waals surface area (Å²) in [5, 5.41) is 43.6. The van der Waals surface area contributed by atoms with Crippen molar-refractivity contribution in [1.82, 2.24) is 14.5 Å². The van der Waals surface area contributed by atoms with Gasteiger partial charge in [-0.15, -0.1) is 0 Å². The average molecular weight is 502 g/mol. The maximum absolute atomic E-state index is 9.97. The molecule has 34 heavy (non-hydrogen) atoms. The molecule has 4 aromatic rings. The van der Waals surface area contributed by atoms with Crippen LogP contribution in [0.1, 0.15) is 0 Å². The number of rotatable bonds is 8. The largest absolute Gasteiger partial charge is 0.394 e. The third kappa shape index (κ3) is 4.90. The van der Waals surface area contributed by atoms with Crippen molar-refractivity contribution >= 4 is 46.3 Å². The number of nitrogens with zero attached hydrogens (tertiary/aromatic N) is 4. The van der Waals surface area contributed by atoms with Gasteiger partial charge in [0.05, 0.1) is 28.3 Å². The summed E-state index contributed by atoms with van der Waals surface area (Å²) in [6, 6.07) is 14.9. The molecule has 0 saturated carbocycles. The van der Waals surface area contributed by atoms with Gasteiger partial charge in [0.15, 0.2) is 11.5 Å². The molecule has 0 spiro atoms. The molecule has 4 rings (SSSR count). The fourth-order valence-electron chi connectivity index (χ4n) is 3.41. The summed E-state index contributed by atoms with van der Waals surface area (Å²) >= 11 is 12.3. The van der Waals surface area contributed by atoms with Crippen LogP contribution in [0.4, 0.5) is 5.82 Å². The van der Waals surface area contributed by atoms with E-state index in [0.29, 0.717) is 26.9 Å². The standard InChI is InChI=1S/C23H21Cl2N5O4/c24-16-7-6-14(8-17(16)25)30-10-15(13-4-2-1-3-5-13)20-22(26-12-27-23(20)30)29-28-9-18(32)21(34)19(33)11-31/h1-10,12,18-19,21,31-34H,11H2,(H,26,27,29)/b28-9+/t18-,19+,21-/m0/s1. The first kappa shape index (κ1) is 24.1. The normalized spacial score (nSPS) is 14.4. The number of aliphatic hydroxyl groups is 4. The Kier molecular flexibility index (Phi) is 7.42. The van der Waals surface area contributed by atoms with Gasteiger partial charge in [0, 0.05) is 17.4 Å². The van der Waals surface area contributed by atoms with Gasteiger partial charge < -0.3 is 25.0 Å². The SMILES string of the molecule is OC[C@@H](O)[C@@H](O)[C@@H](O)/C=N/Nc1ncnc2c1c(-c1ccccc1)cn2-c1ccc(Cl)c(Cl)c1. The molecule has 0 aliphatic heterocycles. The van der Waals surface area contributed by atoms with Crippen LogP contribution in [-0.2, 0) is 0 Å². The first-order chi connectivity index (χ1) is 16.4. The number of hydrogen-bond acceptors (Lipinski definition) is 8. The molecule has 0 saturated heterocycles. The average Bonchev–Trinajstić information content (AvgIpc) is 3.26. The molecular formula is C23H21Cl2N5O4. The van der Waals surface area contributed by atoms with E-state index in [9.17, 15) is 15.3 Å². The molecule has 0 aliphatic carbocycles. The Bertz CT molecular complexity index is 1320.